The molecule has 2 N–H and O–H groups in total. The van der Waals surface area contributed by atoms with E-state index in [0.29, 0.717) is 6.54 Å². The first-order valence-electron chi connectivity index (χ1n) is 4.10. The van der Waals surface area contributed by atoms with Crippen LogP contribution >= 0.6 is 0 Å². The largest absolute Gasteiger partial charge is 0.395 e. The van der Waals surface area contributed by atoms with Gasteiger partial charge in [0.25, 0.3) is 0 Å². The van der Waals surface area contributed by atoms with Crippen molar-refractivity contribution in [2.24, 2.45) is 5.73 Å². The number of hydrogen-bond donors (Lipinski definition) is 1. The average molecular weight is 189 g/mol. The van der Waals surface area contributed by atoms with Gasteiger partial charge >= 0.3 is 8.56 Å². The van der Waals surface area contributed by atoms with E-state index in [1.165, 1.54) is 5.20 Å². The summed E-state index contributed by atoms with van der Waals surface area (Å²) in [6.07, 6.45) is 2.91. The summed E-state index contributed by atoms with van der Waals surface area (Å²) < 4.78 is 10.8. The van der Waals surface area contributed by atoms with Crippen LogP contribution in [0.25, 0.3) is 0 Å². The Morgan fingerprint density at radius 1 is 1.42 bits per heavy atom. The maximum atomic E-state index is 5.48. The Morgan fingerprint density at radius 2 is 1.92 bits per heavy atom. The first-order chi connectivity index (χ1) is 5.64. The summed E-state index contributed by atoms with van der Waals surface area (Å²) in [5.74, 6) is 0. The molecule has 0 spiro atoms. The van der Waals surface area contributed by atoms with Gasteiger partial charge in [-0.2, -0.15) is 0 Å². The highest BCUT2D eigenvalue weighted by molar-refractivity contribution is 6.73. The summed E-state index contributed by atoms with van der Waals surface area (Å²) in [5.41, 5.74) is 5.48. The van der Waals surface area contributed by atoms with Gasteiger partial charge in [0.2, 0.25) is 0 Å². The fourth-order valence-corrected chi connectivity index (χ4v) is 2.95. The minimum Gasteiger partial charge on any atom is -0.395 e. The molecule has 0 radical (unpaired) electrons. The first kappa shape index (κ1) is 11.8. The van der Waals surface area contributed by atoms with E-state index in [0.717, 1.165) is 6.42 Å². The average Bonchev–Trinajstić information content (AvgIpc) is 2.13. The topological polar surface area (TPSA) is 44.5 Å². The number of rotatable bonds is 5. The van der Waals surface area contributed by atoms with Gasteiger partial charge in [0, 0.05) is 14.2 Å². The highest BCUT2D eigenvalue weighted by Crippen LogP contribution is 2.18. The number of hydrogen-bond acceptors (Lipinski definition) is 3. The standard InChI is InChI=1S/C8H19NO2Si/c1-5-8(6-7-9)12(4,10-2)11-3/h5H,6-7,9H2,1-4H3. The summed E-state index contributed by atoms with van der Waals surface area (Å²) in [6.45, 7) is 4.67. The summed E-state index contributed by atoms with van der Waals surface area (Å²) in [6, 6.07) is 0. The van der Waals surface area contributed by atoms with Crippen LogP contribution < -0.4 is 5.73 Å². The van der Waals surface area contributed by atoms with Crippen molar-refractivity contribution in [2.75, 3.05) is 20.8 Å². The Morgan fingerprint density at radius 3 is 2.17 bits per heavy atom. The third kappa shape index (κ3) is 2.71. The third-order valence-corrected chi connectivity index (χ3v) is 5.39. The second kappa shape index (κ2) is 5.48. The molecule has 0 aliphatic heterocycles. The Balaban J connectivity index is 4.45. The van der Waals surface area contributed by atoms with Crippen molar-refractivity contribution in [3.05, 3.63) is 11.3 Å². The van der Waals surface area contributed by atoms with E-state index in [1.54, 1.807) is 14.2 Å². The van der Waals surface area contributed by atoms with E-state index < -0.39 is 8.56 Å². The van der Waals surface area contributed by atoms with Crippen molar-refractivity contribution in [3.63, 3.8) is 0 Å². The number of nitrogens with two attached hydrogens (primary N) is 1. The molecule has 3 nitrogen and oxygen atoms in total. The Labute approximate surface area is 75.8 Å². The molecular weight excluding hydrogens is 170 g/mol. The molecule has 0 aliphatic carbocycles. The molecule has 0 aromatic rings. The third-order valence-electron chi connectivity index (χ3n) is 2.12. The van der Waals surface area contributed by atoms with Crippen molar-refractivity contribution in [3.8, 4) is 0 Å². The van der Waals surface area contributed by atoms with Gasteiger partial charge in [-0.05, 0) is 31.6 Å². The molecule has 0 aromatic heterocycles. The molecule has 0 aliphatic rings. The van der Waals surface area contributed by atoms with Gasteiger partial charge in [-0.1, -0.05) is 6.08 Å². The molecule has 0 heterocycles. The molecule has 72 valence electrons. The monoisotopic (exact) mass is 189 g/mol. The van der Waals surface area contributed by atoms with Gasteiger partial charge in [-0.3, -0.25) is 0 Å². The van der Waals surface area contributed by atoms with Gasteiger partial charge in [0.15, 0.2) is 0 Å². The van der Waals surface area contributed by atoms with Crippen molar-refractivity contribution in [1.29, 1.82) is 0 Å². The van der Waals surface area contributed by atoms with Gasteiger partial charge in [-0.25, -0.2) is 0 Å². The van der Waals surface area contributed by atoms with E-state index in [2.05, 4.69) is 0 Å². The maximum Gasteiger partial charge on any atom is 0.364 e. The normalized spacial score (nSPS) is 13.6. The fourth-order valence-electron chi connectivity index (χ4n) is 1.13. The van der Waals surface area contributed by atoms with Crippen LogP contribution in [-0.4, -0.2) is 29.3 Å². The molecule has 0 atom stereocenters. The molecule has 0 aromatic carbocycles. The Bertz CT molecular complexity index is 155. The molecule has 0 rings (SSSR count). The summed E-state index contributed by atoms with van der Waals surface area (Å²) >= 11 is 0. The summed E-state index contributed by atoms with van der Waals surface area (Å²) in [5, 5.41) is 1.22. The predicted octanol–water partition coefficient (Wildman–Crippen LogP) is 1.19. The van der Waals surface area contributed by atoms with Crippen molar-refractivity contribution in [2.45, 2.75) is 19.9 Å². The van der Waals surface area contributed by atoms with Crippen LogP contribution in [0.1, 0.15) is 13.3 Å². The van der Waals surface area contributed by atoms with Crippen LogP contribution in [0.4, 0.5) is 0 Å². The van der Waals surface area contributed by atoms with Gasteiger partial charge < -0.3 is 14.6 Å². The molecule has 12 heavy (non-hydrogen) atoms. The maximum absolute atomic E-state index is 5.48. The van der Waals surface area contributed by atoms with Crippen LogP contribution in [0.2, 0.25) is 6.55 Å². The smallest absolute Gasteiger partial charge is 0.364 e. The zero-order valence-electron chi connectivity index (χ0n) is 8.39. The highest BCUT2D eigenvalue weighted by Gasteiger charge is 2.32. The molecule has 0 fully saturated rings. The molecule has 4 heteroatoms. The van der Waals surface area contributed by atoms with Crippen LogP contribution in [0.5, 0.6) is 0 Å². The quantitative estimate of drug-likeness (QED) is 0.661. The second-order valence-electron chi connectivity index (χ2n) is 2.71. The van der Waals surface area contributed by atoms with E-state index in [-0.39, 0.29) is 0 Å². The van der Waals surface area contributed by atoms with E-state index in [9.17, 15) is 0 Å². The highest BCUT2D eigenvalue weighted by atomic mass is 28.4. The zero-order valence-corrected chi connectivity index (χ0v) is 9.39. The lowest BCUT2D eigenvalue weighted by atomic mass is 10.4. The lowest BCUT2D eigenvalue weighted by molar-refractivity contribution is 0.258. The van der Waals surface area contributed by atoms with Crippen LogP contribution in [0.3, 0.4) is 0 Å². The van der Waals surface area contributed by atoms with Crippen LogP contribution in [0.15, 0.2) is 11.3 Å². The molecular formula is C8H19NO2Si. The lowest BCUT2D eigenvalue weighted by Gasteiger charge is -2.25. The molecule has 0 saturated carbocycles. The summed E-state index contributed by atoms with van der Waals surface area (Å²) in [4.78, 5) is 0. The first-order valence-corrected chi connectivity index (χ1v) is 6.42. The van der Waals surface area contributed by atoms with E-state index in [1.807, 2.05) is 19.5 Å². The van der Waals surface area contributed by atoms with Crippen molar-refractivity contribution in [1.82, 2.24) is 0 Å². The lowest BCUT2D eigenvalue weighted by Crippen LogP contribution is -2.39. The second-order valence-corrected chi connectivity index (χ2v) is 6.06. The Hall–Kier alpha value is -0.163. The van der Waals surface area contributed by atoms with Gasteiger partial charge in [0.1, 0.15) is 0 Å². The fraction of sp³-hybridized carbons (Fsp3) is 0.750. The van der Waals surface area contributed by atoms with Crippen molar-refractivity contribution < 1.29 is 8.85 Å². The molecule has 0 amide bonds. The predicted molar refractivity (Wildman–Crippen MR) is 53.1 cm³/mol. The summed E-state index contributed by atoms with van der Waals surface area (Å²) in [7, 11) is 1.31. The Kier molecular flexibility index (Phi) is 5.40. The molecule has 0 unspecified atom stereocenters. The van der Waals surface area contributed by atoms with Gasteiger partial charge in [0.05, 0.1) is 0 Å². The zero-order chi connectivity index (χ0) is 9.61. The minimum atomic E-state index is -2.07. The van der Waals surface area contributed by atoms with E-state index >= 15 is 0 Å². The number of allylic oxidation sites excluding steroid dienone is 1. The molecule has 0 bridgehead atoms. The molecule has 0 saturated heterocycles. The van der Waals surface area contributed by atoms with Gasteiger partial charge in [-0.15, -0.1) is 0 Å². The van der Waals surface area contributed by atoms with Crippen molar-refractivity contribution >= 4 is 8.56 Å². The minimum absolute atomic E-state index is 0.648. The van der Waals surface area contributed by atoms with Crippen LogP contribution in [-0.2, 0) is 8.85 Å². The SMILES string of the molecule is CC=C(CCN)[Si](C)(OC)OC. The van der Waals surface area contributed by atoms with E-state index in [4.69, 9.17) is 14.6 Å². The van der Waals surface area contributed by atoms with Crippen LogP contribution in [0, 0.1) is 0 Å².